The van der Waals surface area contributed by atoms with Gasteiger partial charge in [-0.1, -0.05) is 47.1 Å². The lowest BCUT2D eigenvalue weighted by Crippen LogP contribution is -2.32. The van der Waals surface area contributed by atoms with E-state index in [9.17, 15) is 4.79 Å². The van der Waals surface area contributed by atoms with Crippen LogP contribution in [0.25, 0.3) is 0 Å². The highest BCUT2D eigenvalue weighted by Gasteiger charge is 2.18. The molecule has 0 spiro atoms. The molecule has 4 heteroatoms. The van der Waals surface area contributed by atoms with Gasteiger partial charge in [0.1, 0.15) is 5.75 Å². The number of rotatable bonds is 5. The lowest BCUT2D eigenvalue weighted by Gasteiger charge is -2.17. The summed E-state index contributed by atoms with van der Waals surface area (Å²) in [4.78, 5) is 12.2. The van der Waals surface area contributed by atoms with Crippen LogP contribution >= 0.6 is 15.9 Å². The number of ether oxygens (including phenoxy) is 1. The molecule has 2 rings (SSSR count). The fourth-order valence-corrected chi connectivity index (χ4v) is 2.17. The number of benzene rings is 2. The summed E-state index contributed by atoms with van der Waals surface area (Å²) in [6.07, 6.45) is 0.103. The monoisotopic (exact) mass is 333 g/mol. The Kier molecular flexibility index (Phi) is 5.18. The van der Waals surface area contributed by atoms with Gasteiger partial charge in [-0.15, -0.1) is 0 Å². The third-order valence-corrected chi connectivity index (χ3v) is 3.27. The first-order valence-corrected chi connectivity index (χ1v) is 7.26. The molecule has 0 heterocycles. The van der Waals surface area contributed by atoms with Crippen molar-refractivity contribution in [3.05, 3.63) is 59.1 Å². The predicted octanol–water partition coefficient (Wildman–Crippen LogP) is 4.25. The molecule has 0 aliphatic carbocycles. The number of para-hydroxylation sites is 1. The molecule has 0 unspecified atom stereocenters. The third-order valence-electron chi connectivity index (χ3n) is 2.78. The Labute approximate surface area is 127 Å². The van der Waals surface area contributed by atoms with Gasteiger partial charge in [0.2, 0.25) is 0 Å². The number of anilines is 1. The number of hydrogen-bond donors (Lipinski definition) is 1. The maximum atomic E-state index is 12.2. The molecule has 0 fully saturated rings. The highest BCUT2D eigenvalue weighted by molar-refractivity contribution is 9.10. The Balaban J connectivity index is 2.02. The van der Waals surface area contributed by atoms with Crippen LogP contribution in [0, 0.1) is 0 Å². The van der Waals surface area contributed by atoms with E-state index in [0.717, 1.165) is 10.2 Å². The minimum Gasteiger partial charge on any atom is -0.481 e. The van der Waals surface area contributed by atoms with E-state index < -0.39 is 6.10 Å². The number of amides is 1. The fourth-order valence-electron chi connectivity index (χ4n) is 1.77. The topological polar surface area (TPSA) is 38.3 Å². The summed E-state index contributed by atoms with van der Waals surface area (Å²) in [5.41, 5.74) is 0.750. The average Bonchev–Trinajstić information content (AvgIpc) is 2.45. The maximum absolute atomic E-state index is 12.2. The van der Waals surface area contributed by atoms with Gasteiger partial charge in [0.15, 0.2) is 6.10 Å². The first-order chi connectivity index (χ1) is 9.69. The van der Waals surface area contributed by atoms with Gasteiger partial charge in [0.25, 0.3) is 5.91 Å². The zero-order valence-corrected chi connectivity index (χ0v) is 12.8. The second-order valence-corrected chi connectivity index (χ2v) is 5.24. The molecule has 0 aliphatic heterocycles. The van der Waals surface area contributed by atoms with Crippen LogP contribution in [-0.2, 0) is 4.79 Å². The molecule has 0 saturated carbocycles. The van der Waals surface area contributed by atoms with Gasteiger partial charge in [0.05, 0.1) is 0 Å². The molecule has 2 aromatic carbocycles. The molecule has 1 N–H and O–H groups in total. The molecule has 0 bridgehead atoms. The summed E-state index contributed by atoms with van der Waals surface area (Å²) in [5.74, 6) is 0.554. The lowest BCUT2D eigenvalue weighted by molar-refractivity contribution is -0.122. The Hall–Kier alpha value is -1.81. The number of halogens is 1. The highest BCUT2D eigenvalue weighted by atomic mass is 79.9. The van der Waals surface area contributed by atoms with E-state index in [4.69, 9.17) is 4.74 Å². The molecule has 104 valence electrons. The molecule has 2 aromatic rings. The molecule has 0 saturated heterocycles. The Bertz CT molecular complexity index is 572. The van der Waals surface area contributed by atoms with Crippen LogP contribution in [0.15, 0.2) is 59.1 Å². The number of nitrogens with one attached hydrogen (secondary N) is 1. The van der Waals surface area contributed by atoms with Crippen molar-refractivity contribution in [2.45, 2.75) is 19.4 Å². The second-order valence-electron chi connectivity index (χ2n) is 4.33. The molecular weight excluding hydrogens is 318 g/mol. The van der Waals surface area contributed by atoms with Crippen LogP contribution in [0.3, 0.4) is 0 Å². The van der Waals surface area contributed by atoms with E-state index >= 15 is 0 Å². The minimum absolute atomic E-state index is 0.144. The van der Waals surface area contributed by atoms with Crippen LogP contribution in [-0.4, -0.2) is 12.0 Å². The van der Waals surface area contributed by atoms with E-state index in [1.807, 2.05) is 61.5 Å². The Morgan fingerprint density at radius 3 is 2.60 bits per heavy atom. The van der Waals surface area contributed by atoms with Gasteiger partial charge in [-0.25, -0.2) is 0 Å². The van der Waals surface area contributed by atoms with E-state index in [0.29, 0.717) is 12.2 Å². The molecule has 0 aromatic heterocycles. The van der Waals surface area contributed by atoms with Crippen LogP contribution < -0.4 is 10.1 Å². The Morgan fingerprint density at radius 1 is 1.20 bits per heavy atom. The van der Waals surface area contributed by atoms with Crippen LogP contribution in [0.1, 0.15) is 13.3 Å². The van der Waals surface area contributed by atoms with Crippen molar-refractivity contribution < 1.29 is 9.53 Å². The smallest absolute Gasteiger partial charge is 0.265 e. The highest BCUT2D eigenvalue weighted by Crippen LogP contribution is 2.17. The van der Waals surface area contributed by atoms with Crippen molar-refractivity contribution in [1.29, 1.82) is 0 Å². The van der Waals surface area contributed by atoms with Crippen molar-refractivity contribution in [3.8, 4) is 5.75 Å². The summed E-state index contributed by atoms with van der Waals surface area (Å²) in [7, 11) is 0. The first-order valence-electron chi connectivity index (χ1n) is 6.47. The molecule has 20 heavy (non-hydrogen) atoms. The number of carbonyl (C=O) groups is 1. The van der Waals surface area contributed by atoms with Crippen molar-refractivity contribution in [2.75, 3.05) is 5.32 Å². The van der Waals surface area contributed by atoms with E-state index in [2.05, 4.69) is 21.2 Å². The van der Waals surface area contributed by atoms with E-state index in [-0.39, 0.29) is 5.91 Å². The largest absolute Gasteiger partial charge is 0.481 e. The average molecular weight is 334 g/mol. The van der Waals surface area contributed by atoms with E-state index in [1.54, 1.807) is 0 Å². The fraction of sp³-hybridized carbons (Fsp3) is 0.188. The van der Waals surface area contributed by atoms with Crippen molar-refractivity contribution in [3.63, 3.8) is 0 Å². The summed E-state index contributed by atoms with van der Waals surface area (Å²) >= 11 is 3.38. The van der Waals surface area contributed by atoms with Gasteiger partial charge >= 0.3 is 0 Å². The molecule has 1 amide bonds. The van der Waals surface area contributed by atoms with Crippen LogP contribution in [0.4, 0.5) is 5.69 Å². The zero-order chi connectivity index (χ0) is 14.4. The van der Waals surface area contributed by atoms with E-state index in [1.165, 1.54) is 0 Å². The number of carbonyl (C=O) groups excluding carboxylic acids is 1. The van der Waals surface area contributed by atoms with Gasteiger partial charge in [0, 0.05) is 10.2 Å². The normalized spacial score (nSPS) is 11.7. The SMILES string of the molecule is CC[C@@H](Oc1ccccc1)C(=O)Nc1cccc(Br)c1. The molecular formula is C16H16BrNO2. The summed E-state index contributed by atoms with van der Waals surface area (Å²) < 4.78 is 6.63. The summed E-state index contributed by atoms with van der Waals surface area (Å²) in [6, 6.07) is 16.8. The maximum Gasteiger partial charge on any atom is 0.265 e. The summed E-state index contributed by atoms with van der Waals surface area (Å²) in [5, 5.41) is 2.86. The second kappa shape index (κ2) is 7.10. The van der Waals surface area contributed by atoms with Crippen molar-refractivity contribution in [1.82, 2.24) is 0 Å². The molecule has 0 radical (unpaired) electrons. The minimum atomic E-state index is -0.503. The molecule has 0 aliphatic rings. The predicted molar refractivity (Wildman–Crippen MR) is 83.9 cm³/mol. The van der Waals surface area contributed by atoms with Gasteiger partial charge < -0.3 is 10.1 Å². The molecule has 3 nitrogen and oxygen atoms in total. The first kappa shape index (κ1) is 14.6. The van der Waals surface area contributed by atoms with Crippen molar-refractivity contribution >= 4 is 27.5 Å². The van der Waals surface area contributed by atoms with Crippen molar-refractivity contribution in [2.24, 2.45) is 0 Å². The third kappa shape index (κ3) is 4.10. The van der Waals surface area contributed by atoms with Gasteiger partial charge in [-0.05, 0) is 36.8 Å². The Morgan fingerprint density at radius 2 is 1.95 bits per heavy atom. The molecule has 1 atom stereocenters. The number of hydrogen-bond acceptors (Lipinski definition) is 2. The quantitative estimate of drug-likeness (QED) is 0.888. The van der Waals surface area contributed by atoms with Crippen LogP contribution in [0.2, 0.25) is 0 Å². The van der Waals surface area contributed by atoms with Gasteiger partial charge in [-0.3, -0.25) is 4.79 Å². The van der Waals surface area contributed by atoms with Gasteiger partial charge in [-0.2, -0.15) is 0 Å². The lowest BCUT2D eigenvalue weighted by atomic mass is 10.2. The standard InChI is InChI=1S/C16H16BrNO2/c1-2-15(20-14-9-4-3-5-10-14)16(19)18-13-8-6-7-12(17)11-13/h3-11,15H,2H2,1H3,(H,18,19)/t15-/m1/s1. The van der Waals surface area contributed by atoms with Crippen LogP contribution in [0.5, 0.6) is 5.75 Å². The summed E-state index contributed by atoms with van der Waals surface area (Å²) in [6.45, 7) is 1.92. The zero-order valence-electron chi connectivity index (χ0n) is 11.2.